The second kappa shape index (κ2) is 8.77. The highest BCUT2D eigenvalue weighted by molar-refractivity contribution is 5.61. The molecular formula is C19H27N5O3. The lowest BCUT2D eigenvalue weighted by Gasteiger charge is -2.26. The Balaban J connectivity index is 1.41. The molecule has 0 unspecified atom stereocenters. The summed E-state index contributed by atoms with van der Waals surface area (Å²) in [5, 5.41) is 7.34. The SMILES string of the molecule is Cc1cc(-c2cnc(NCCCN3CCOCC3)nc2[C@@H]2CCCO2)on1. The van der Waals surface area contributed by atoms with Crippen molar-refractivity contribution in [2.45, 2.75) is 32.3 Å². The summed E-state index contributed by atoms with van der Waals surface area (Å²) in [6, 6.07) is 1.91. The van der Waals surface area contributed by atoms with Gasteiger partial charge in [-0.25, -0.2) is 9.97 Å². The van der Waals surface area contributed by atoms with Crippen LogP contribution in [0.1, 0.15) is 36.8 Å². The Hall–Kier alpha value is -2.03. The number of aromatic nitrogens is 3. The molecule has 146 valence electrons. The molecule has 0 saturated carbocycles. The van der Waals surface area contributed by atoms with Gasteiger partial charge < -0.3 is 19.3 Å². The first kappa shape index (κ1) is 18.3. The molecular weight excluding hydrogens is 346 g/mol. The third-order valence-corrected chi connectivity index (χ3v) is 4.98. The number of aryl methyl sites for hydroxylation is 1. The smallest absolute Gasteiger partial charge is 0.222 e. The van der Waals surface area contributed by atoms with Crippen LogP contribution in [0.25, 0.3) is 11.3 Å². The van der Waals surface area contributed by atoms with Gasteiger partial charge >= 0.3 is 0 Å². The molecule has 2 aromatic rings. The molecule has 1 atom stereocenters. The minimum absolute atomic E-state index is 0.0118. The number of anilines is 1. The number of ether oxygens (including phenoxy) is 2. The Morgan fingerprint density at radius 1 is 1.26 bits per heavy atom. The first-order valence-corrected chi connectivity index (χ1v) is 9.76. The fourth-order valence-electron chi connectivity index (χ4n) is 3.53. The second-order valence-corrected chi connectivity index (χ2v) is 7.06. The molecule has 2 fully saturated rings. The van der Waals surface area contributed by atoms with Gasteiger partial charge in [-0.3, -0.25) is 4.90 Å². The number of rotatable bonds is 7. The number of morpholine rings is 1. The van der Waals surface area contributed by atoms with Crippen molar-refractivity contribution in [1.29, 1.82) is 0 Å². The molecule has 0 aromatic carbocycles. The Morgan fingerprint density at radius 3 is 2.89 bits per heavy atom. The molecule has 4 heterocycles. The molecule has 0 spiro atoms. The molecule has 0 amide bonds. The van der Waals surface area contributed by atoms with Gasteiger partial charge in [0.15, 0.2) is 5.76 Å². The maximum Gasteiger partial charge on any atom is 0.222 e. The van der Waals surface area contributed by atoms with E-state index in [4.69, 9.17) is 19.0 Å². The highest BCUT2D eigenvalue weighted by Gasteiger charge is 2.25. The van der Waals surface area contributed by atoms with Crippen molar-refractivity contribution in [2.75, 3.05) is 51.3 Å². The van der Waals surface area contributed by atoms with Crippen molar-refractivity contribution in [1.82, 2.24) is 20.0 Å². The van der Waals surface area contributed by atoms with E-state index >= 15 is 0 Å². The largest absolute Gasteiger partial charge is 0.379 e. The van der Waals surface area contributed by atoms with E-state index in [1.807, 2.05) is 19.2 Å². The van der Waals surface area contributed by atoms with Crippen LogP contribution in [-0.2, 0) is 9.47 Å². The number of hydrogen-bond acceptors (Lipinski definition) is 8. The molecule has 0 radical (unpaired) electrons. The first-order chi connectivity index (χ1) is 13.3. The van der Waals surface area contributed by atoms with Gasteiger partial charge in [0.2, 0.25) is 5.95 Å². The summed E-state index contributed by atoms with van der Waals surface area (Å²) in [6.45, 7) is 8.28. The van der Waals surface area contributed by atoms with Crippen LogP contribution in [0, 0.1) is 6.92 Å². The van der Waals surface area contributed by atoms with Crippen LogP contribution in [0.3, 0.4) is 0 Å². The lowest BCUT2D eigenvalue weighted by Crippen LogP contribution is -2.37. The molecule has 8 nitrogen and oxygen atoms in total. The van der Waals surface area contributed by atoms with Crippen molar-refractivity contribution in [3.05, 3.63) is 23.7 Å². The summed E-state index contributed by atoms with van der Waals surface area (Å²) >= 11 is 0. The predicted octanol–water partition coefficient (Wildman–Crippen LogP) is 2.43. The van der Waals surface area contributed by atoms with Crippen molar-refractivity contribution >= 4 is 5.95 Å². The van der Waals surface area contributed by atoms with E-state index in [1.165, 1.54) is 0 Å². The van der Waals surface area contributed by atoms with Crippen LogP contribution in [0.4, 0.5) is 5.95 Å². The van der Waals surface area contributed by atoms with Crippen LogP contribution in [0.15, 0.2) is 16.8 Å². The van der Waals surface area contributed by atoms with E-state index in [0.29, 0.717) is 11.7 Å². The van der Waals surface area contributed by atoms with Crippen molar-refractivity contribution < 1.29 is 14.0 Å². The normalized spacial score (nSPS) is 20.9. The summed E-state index contributed by atoms with van der Waals surface area (Å²) in [5.41, 5.74) is 2.59. The molecule has 2 aliphatic heterocycles. The Bertz CT molecular complexity index is 739. The summed E-state index contributed by atoms with van der Waals surface area (Å²) in [7, 11) is 0. The van der Waals surface area contributed by atoms with Gasteiger partial charge in [-0.1, -0.05) is 5.16 Å². The van der Waals surface area contributed by atoms with Crippen LogP contribution < -0.4 is 5.32 Å². The molecule has 8 heteroatoms. The lowest BCUT2D eigenvalue weighted by molar-refractivity contribution is 0.0378. The average molecular weight is 373 g/mol. The van der Waals surface area contributed by atoms with E-state index in [-0.39, 0.29) is 6.10 Å². The summed E-state index contributed by atoms with van der Waals surface area (Å²) < 4.78 is 16.7. The van der Waals surface area contributed by atoms with E-state index in [0.717, 1.165) is 82.2 Å². The Morgan fingerprint density at radius 2 is 2.15 bits per heavy atom. The van der Waals surface area contributed by atoms with Crippen LogP contribution in [0.5, 0.6) is 0 Å². The summed E-state index contributed by atoms with van der Waals surface area (Å²) in [4.78, 5) is 11.7. The minimum Gasteiger partial charge on any atom is -0.379 e. The van der Waals surface area contributed by atoms with Gasteiger partial charge in [-0.2, -0.15) is 0 Å². The van der Waals surface area contributed by atoms with Crippen LogP contribution in [0.2, 0.25) is 0 Å². The van der Waals surface area contributed by atoms with E-state index in [2.05, 4.69) is 20.4 Å². The highest BCUT2D eigenvalue weighted by atomic mass is 16.5. The zero-order valence-electron chi connectivity index (χ0n) is 15.8. The fraction of sp³-hybridized carbons (Fsp3) is 0.632. The Labute approximate surface area is 159 Å². The quantitative estimate of drug-likeness (QED) is 0.741. The van der Waals surface area contributed by atoms with E-state index in [9.17, 15) is 0 Å². The van der Waals surface area contributed by atoms with Crippen molar-refractivity contribution in [3.63, 3.8) is 0 Å². The molecule has 0 bridgehead atoms. The highest BCUT2D eigenvalue weighted by Crippen LogP contribution is 2.34. The van der Waals surface area contributed by atoms with Gasteiger partial charge in [0.25, 0.3) is 0 Å². The van der Waals surface area contributed by atoms with E-state index < -0.39 is 0 Å². The van der Waals surface area contributed by atoms with Gasteiger partial charge in [-0.05, 0) is 32.7 Å². The fourth-order valence-corrected chi connectivity index (χ4v) is 3.53. The number of hydrogen-bond donors (Lipinski definition) is 1. The zero-order valence-corrected chi connectivity index (χ0v) is 15.8. The van der Waals surface area contributed by atoms with Gasteiger partial charge in [-0.15, -0.1) is 0 Å². The summed E-state index contributed by atoms with van der Waals surface area (Å²) in [5.74, 6) is 1.33. The lowest BCUT2D eigenvalue weighted by atomic mass is 10.1. The predicted molar refractivity (Wildman–Crippen MR) is 101 cm³/mol. The number of nitrogens with zero attached hydrogens (tertiary/aromatic N) is 4. The molecule has 2 aliphatic rings. The van der Waals surface area contributed by atoms with Gasteiger partial charge in [0, 0.05) is 38.5 Å². The van der Waals surface area contributed by atoms with Gasteiger partial charge in [0.05, 0.1) is 30.2 Å². The zero-order chi connectivity index (χ0) is 18.5. The van der Waals surface area contributed by atoms with Crippen LogP contribution in [-0.4, -0.2) is 66.0 Å². The molecule has 1 N–H and O–H groups in total. The first-order valence-electron chi connectivity index (χ1n) is 9.76. The van der Waals surface area contributed by atoms with Crippen LogP contribution >= 0.6 is 0 Å². The summed E-state index contributed by atoms with van der Waals surface area (Å²) in [6.07, 6.45) is 4.86. The maximum absolute atomic E-state index is 5.87. The molecule has 27 heavy (non-hydrogen) atoms. The van der Waals surface area contributed by atoms with E-state index in [1.54, 1.807) is 0 Å². The maximum atomic E-state index is 5.87. The Kier molecular flexibility index (Phi) is 5.96. The standard InChI is InChI=1S/C19H27N5O3/c1-14-12-17(27-23-14)15-13-21-19(22-18(15)16-4-2-9-26-16)20-5-3-6-24-7-10-25-11-8-24/h12-13,16H,2-11H2,1H3,(H,20,21,22)/t16-/m0/s1. The van der Waals surface area contributed by atoms with Crippen molar-refractivity contribution in [3.8, 4) is 11.3 Å². The van der Waals surface area contributed by atoms with Crippen molar-refractivity contribution in [2.24, 2.45) is 0 Å². The third kappa shape index (κ3) is 4.63. The molecule has 4 rings (SSSR count). The second-order valence-electron chi connectivity index (χ2n) is 7.06. The monoisotopic (exact) mass is 373 g/mol. The van der Waals surface area contributed by atoms with Gasteiger partial charge in [0.1, 0.15) is 6.10 Å². The minimum atomic E-state index is -0.0118. The molecule has 2 saturated heterocycles. The number of nitrogens with one attached hydrogen (secondary N) is 1. The topological polar surface area (TPSA) is 85.5 Å². The average Bonchev–Trinajstić information content (AvgIpc) is 3.38. The third-order valence-electron chi connectivity index (χ3n) is 4.98. The molecule has 2 aromatic heterocycles. The molecule has 0 aliphatic carbocycles.